The van der Waals surface area contributed by atoms with Gasteiger partial charge in [-0.2, -0.15) is 0 Å². The second-order valence-electron chi connectivity index (χ2n) is 7.48. The van der Waals surface area contributed by atoms with Gasteiger partial charge in [0.1, 0.15) is 64.5 Å². The Balaban J connectivity index is 1.83. The molecule has 0 aliphatic carbocycles. The molecule has 0 saturated carbocycles. The average Bonchev–Trinajstić information content (AvgIpc) is 2.78. The monoisotopic (exact) mass is 446 g/mol. The van der Waals surface area contributed by atoms with E-state index in [0.29, 0.717) is 11.3 Å². The lowest BCUT2D eigenvalue weighted by atomic mass is 9.89. The highest BCUT2D eigenvalue weighted by atomic mass is 16.5. The van der Waals surface area contributed by atoms with E-state index in [9.17, 15) is 35.4 Å². The molecule has 0 spiro atoms. The molecule has 1 fully saturated rings. The minimum Gasteiger partial charge on any atom is -0.507 e. The number of ether oxygens (including phenoxy) is 2. The van der Waals surface area contributed by atoms with Gasteiger partial charge in [0.25, 0.3) is 0 Å². The Hall–Kier alpha value is -3.15. The number of phenols is 2. The topological polar surface area (TPSA) is 170 Å². The first kappa shape index (κ1) is 22.1. The molecule has 2 aromatic carbocycles. The third-order valence-corrected chi connectivity index (χ3v) is 5.56. The van der Waals surface area contributed by atoms with Crippen LogP contribution in [-0.2, 0) is 4.74 Å². The number of aliphatic hydroxyl groups is 4. The van der Waals surface area contributed by atoms with Gasteiger partial charge >= 0.3 is 0 Å². The number of benzene rings is 2. The van der Waals surface area contributed by atoms with Crippen molar-refractivity contribution in [3.63, 3.8) is 0 Å². The summed E-state index contributed by atoms with van der Waals surface area (Å²) in [7, 11) is 1.52. The number of aromatic hydroxyl groups is 2. The standard InChI is InChI=1S/C22H22O10/c1-30-10-4-2-9(3-5-10)13-6-11(24)16-14(31-13)7-12(25)17(19(16)27)22-21(29)20(28)18(26)15(8-23)32-22/h2-7,15,18,20-23,25-29H,8H2,1H3/t15-,18-,20+,21-,22+/m1/s1. The third kappa shape index (κ3) is 3.57. The molecule has 0 radical (unpaired) electrons. The number of hydrogen-bond donors (Lipinski definition) is 6. The molecule has 10 nitrogen and oxygen atoms in total. The van der Waals surface area contributed by atoms with E-state index in [2.05, 4.69) is 0 Å². The maximum Gasteiger partial charge on any atom is 0.197 e. The van der Waals surface area contributed by atoms with Crippen molar-refractivity contribution in [1.82, 2.24) is 0 Å². The molecule has 3 aromatic rings. The second kappa shape index (κ2) is 8.41. The zero-order valence-corrected chi connectivity index (χ0v) is 16.9. The first-order valence-corrected chi connectivity index (χ1v) is 9.74. The quantitative estimate of drug-likeness (QED) is 0.330. The van der Waals surface area contributed by atoms with Crippen LogP contribution in [0.4, 0.5) is 0 Å². The van der Waals surface area contributed by atoms with E-state index >= 15 is 0 Å². The molecule has 0 unspecified atom stereocenters. The lowest BCUT2D eigenvalue weighted by Gasteiger charge is -2.40. The maximum atomic E-state index is 12.8. The van der Waals surface area contributed by atoms with Crippen LogP contribution in [0, 0.1) is 0 Å². The Morgan fingerprint density at radius 1 is 1.00 bits per heavy atom. The van der Waals surface area contributed by atoms with Crippen LogP contribution in [0.25, 0.3) is 22.3 Å². The van der Waals surface area contributed by atoms with Crippen molar-refractivity contribution in [2.75, 3.05) is 13.7 Å². The van der Waals surface area contributed by atoms with E-state index in [4.69, 9.17) is 13.9 Å². The fourth-order valence-corrected chi connectivity index (χ4v) is 3.82. The molecule has 1 aliphatic heterocycles. The minimum absolute atomic E-state index is 0.119. The molecular weight excluding hydrogens is 424 g/mol. The van der Waals surface area contributed by atoms with Crippen LogP contribution in [0.5, 0.6) is 17.2 Å². The van der Waals surface area contributed by atoms with Gasteiger partial charge in [0.05, 0.1) is 19.3 Å². The molecule has 10 heteroatoms. The molecule has 32 heavy (non-hydrogen) atoms. The van der Waals surface area contributed by atoms with Crippen LogP contribution in [0.2, 0.25) is 0 Å². The molecule has 2 heterocycles. The highest BCUT2D eigenvalue weighted by Crippen LogP contribution is 2.44. The summed E-state index contributed by atoms with van der Waals surface area (Å²) in [5.41, 5.74) is -0.562. The van der Waals surface area contributed by atoms with E-state index in [-0.39, 0.29) is 22.3 Å². The van der Waals surface area contributed by atoms with Crippen molar-refractivity contribution in [3.8, 4) is 28.6 Å². The molecule has 6 N–H and O–H groups in total. The number of rotatable bonds is 4. The van der Waals surface area contributed by atoms with Crippen LogP contribution >= 0.6 is 0 Å². The normalized spacial score (nSPS) is 25.7. The minimum atomic E-state index is -1.76. The van der Waals surface area contributed by atoms with E-state index in [1.807, 2.05) is 0 Å². The van der Waals surface area contributed by atoms with Crippen LogP contribution in [-0.4, -0.2) is 68.8 Å². The number of aliphatic hydroxyl groups excluding tert-OH is 4. The summed E-state index contributed by atoms with van der Waals surface area (Å²) >= 11 is 0. The summed E-state index contributed by atoms with van der Waals surface area (Å²) in [5.74, 6) is -0.491. The predicted molar refractivity (Wildman–Crippen MR) is 111 cm³/mol. The van der Waals surface area contributed by atoms with Gasteiger partial charge in [-0.3, -0.25) is 4.79 Å². The second-order valence-corrected chi connectivity index (χ2v) is 7.48. The van der Waals surface area contributed by atoms with Crippen molar-refractivity contribution in [3.05, 3.63) is 52.2 Å². The van der Waals surface area contributed by atoms with Crippen molar-refractivity contribution in [1.29, 1.82) is 0 Å². The van der Waals surface area contributed by atoms with Crippen LogP contribution in [0.3, 0.4) is 0 Å². The predicted octanol–water partition coefficient (Wildman–Crippen LogP) is 0.395. The van der Waals surface area contributed by atoms with Crippen molar-refractivity contribution in [2.24, 2.45) is 0 Å². The summed E-state index contributed by atoms with van der Waals surface area (Å²) in [5, 5.41) is 60.8. The Bertz CT molecular complexity index is 1180. The zero-order chi connectivity index (χ0) is 23.2. The summed E-state index contributed by atoms with van der Waals surface area (Å²) in [4.78, 5) is 12.8. The number of methoxy groups -OCH3 is 1. The fourth-order valence-electron chi connectivity index (χ4n) is 3.82. The van der Waals surface area contributed by atoms with E-state index < -0.39 is 54.1 Å². The highest BCUT2D eigenvalue weighted by molar-refractivity contribution is 5.88. The van der Waals surface area contributed by atoms with E-state index in [1.54, 1.807) is 24.3 Å². The number of fused-ring (bicyclic) bond motifs is 1. The molecule has 1 aliphatic rings. The summed E-state index contributed by atoms with van der Waals surface area (Å²) in [6, 6.07) is 8.95. The van der Waals surface area contributed by atoms with Gasteiger partial charge in [0, 0.05) is 17.7 Å². The van der Waals surface area contributed by atoms with Crippen LogP contribution in [0.15, 0.2) is 45.6 Å². The SMILES string of the molecule is COc1ccc(-c2cc(=O)c3c(O)c([C@@H]4O[C@H](CO)[C@@H](O)[C@H](O)[C@H]4O)c(O)cc3o2)cc1. The summed E-state index contributed by atoms with van der Waals surface area (Å²) in [6.45, 7) is -0.691. The highest BCUT2D eigenvalue weighted by Gasteiger charge is 2.46. The van der Waals surface area contributed by atoms with Crippen LogP contribution in [0.1, 0.15) is 11.7 Å². The van der Waals surface area contributed by atoms with Crippen molar-refractivity contribution < 1.29 is 44.5 Å². The summed E-state index contributed by atoms with van der Waals surface area (Å²) < 4.78 is 16.2. The molecule has 1 saturated heterocycles. The van der Waals surface area contributed by atoms with E-state index in [1.165, 1.54) is 7.11 Å². The van der Waals surface area contributed by atoms with Gasteiger partial charge in [-0.05, 0) is 24.3 Å². The maximum absolute atomic E-state index is 12.8. The largest absolute Gasteiger partial charge is 0.507 e. The smallest absolute Gasteiger partial charge is 0.197 e. The third-order valence-electron chi connectivity index (χ3n) is 5.56. The van der Waals surface area contributed by atoms with Gasteiger partial charge in [0.2, 0.25) is 0 Å². The van der Waals surface area contributed by atoms with Gasteiger partial charge in [-0.25, -0.2) is 0 Å². The lowest BCUT2D eigenvalue weighted by molar-refractivity contribution is -0.232. The molecule has 0 bridgehead atoms. The molecule has 170 valence electrons. The Morgan fingerprint density at radius 3 is 2.31 bits per heavy atom. The number of phenolic OH excluding ortho intramolecular Hbond substituents is 2. The van der Waals surface area contributed by atoms with Gasteiger partial charge < -0.3 is 44.5 Å². The Labute approximate surface area is 181 Å². The lowest BCUT2D eigenvalue weighted by Crippen LogP contribution is -2.55. The average molecular weight is 446 g/mol. The van der Waals surface area contributed by atoms with Gasteiger partial charge in [-0.1, -0.05) is 0 Å². The molecule has 5 atom stereocenters. The molecule has 4 rings (SSSR count). The van der Waals surface area contributed by atoms with Crippen molar-refractivity contribution >= 4 is 11.0 Å². The summed E-state index contributed by atoms with van der Waals surface area (Å²) in [6.07, 6.45) is -7.90. The van der Waals surface area contributed by atoms with Crippen molar-refractivity contribution in [2.45, 2.75) is 30.5 Å². The Morgan fingerprint density at radius 2 is 1.69 bits per heavy atom. The van der Waals surface area contributed by atoms with Crippen LogP contribution < -0.4 is 10.2 Å². The first-order valence-electron chi connectivity index (χ1n) is 9.74. The van der Waals surface area contributed by atoms with Gasteiger partial charge in [0.15, 0.2) is 5.43 Å². The molecular formula is C22H22O10. The van der Waals surface area contributed by atoms with E-state index in [0.717, 1.165) is 12.1 Å². The first-order chi connectivity index (χ1) is 15.3. The van der Waals surface area contributed by atoms with Gasteiger partial charge in [-0.15, -0.1) is 0 Å². The number of hydrogen-bond acceptors (Lipinski definition) is 10. The fraction of sp³-hybridized carbons (Fsp3) is 0.318. The molecule has 0 amide bonds. The Kier molecular flexibility index (Phi) is 5.80. The zero-order valence-electron chi connectivity index (χ0n) is 16.9. The molecule has 1 aromatic heterocycles.